The third-order valence-electron chi connectivity index (χ3n) is 2.09. The van der Waals surface area contributed by atoms with Gasteiger partial charge in [0.15, 0.2) is 4.34 Å². The molecule has 18 heavy (non-hydrogen) atoms. The van der Waals surface area contributed by atoms with Crippen LogP contribution in [0.3, 0.4) is 0 Å². The highest BCUT2D eigenvalue weighted by atomic mass is 32.2. The zero-order chi connectivity index (χ0) is 13.4. The minimum absolute atomic E-state index is 0.234. The van der Waals surface area contributed by atoms with Gasteiger partial charge < -0.3 is 9.69 Å². The van der Waals surface area contributed by atoms with Gasteiger partial charge in [0.25, 0.3) is 0 Å². The van der Waals surface area contributed by atoms with Crippen LogP contribution in [0.15, 0.2) is 4.34 Å². The van der Waals surface area contributed by atoms with Gasteiger partial charge in [0, 0.05) is 19.5 Å². The van der Waals surface area contributed by atoms with Crippen LogP contribution in [0.1, 0.15) is 19.8 Å². The Hall–Kier alpha value is -1.15. The molecule has 0 aliphatic carbocycles. The third-order valence-corrected chi connectivity index (χ3v) is 3.91. The van der Waals surface area contributed by atoms with Crippen molar-refractivity contribution in [2.75, 3.05) is 24.7 Å². The largest absolute Gasteiger partial charge is 0.324 e. The van der Waals surface area contributed by atoms with E-state index in [0.29, 0.717) is 24.6 Å². The molecule has 100 valence electrons. The van der Waals surface area contributed by atoms with E-state index in [1.165, 1.54) is 23.1 Å². The maximum absolute atomic E-state index is 11.9. The van der Waals surface area contributed by atoms with Crippen LogP contribution >= 0.6 is 23.1 Å². The Morgan fingerprint density at radius 1 is 1.50 bits per heavy atom. The summed E-state index contributed by atoms with van der Waals surface area (Å²) in [6.07, 6.45) is 3.91. The molecule has 0 saturated carbocycles. The molecule has 2 amide bonds. The lowest BCUT2D eigenvalue weighted by molar-refractivity contribution is -0.108. The van der Waals surface area contributed by atoms with E-state index in [1.807, 2.05) is 13.2 Å². The van der Waals surface area contributed by atoms with Crippen molar-refractivity contribution in [1.82, 2.24) is 15.1 Å². The second-order valence-electron chi connectivity index (χ2n) is 3.45. The summed E-state index contributed by atoms with van der Waals surface area (Å²) >= 11 is 2.82. The van der Waals surface area contributed by atoms with Crippen molar-refractivity contribution in [3.8, 4) is 0 Å². The summed E-state index contributed by atoms with van der Waals surface area (Å²) in [5, 5.41) is 10.9. The second-order valence-corrected chi connectivity index (χ2v) is 5.48. The maximum atomic E-state index is 11.9. The summed E-state index contributed by atoms with van der Waals surface area (Å²) in [4.78, 5) is 23.9. The van der Waals surface area contributed by atoms with Crippen LogP contribution in [0.25, 0.3) is 0 Å². The van der Waals surface area contributed by atoms with Gasteiger partial charge in [-0.05, 0) is 12.7 Å². The normalized spacial score (nSPS) is 10.1. The minimum Gasteiger partial charge on any atom is -0.324 e. The van der Waals surface area contributed by atoms with Gasteiger partial charge >= 0.3 is 6.03 Å². The Morgan fingerprint density at radius 3 is 2.83 bits per heavy atom. The maximum Gasteiger partial charge on any atom is 0.323 e. The molecule has 0 spiro atoms. The molecule has 0 saturated heterocycles. The molecule has 0 unspecified atom stereocenters. The number of amides is 2. The minimum atomic E-state index is -0.234. The number of nitrogens with zero attached hydrogens (tertiary/aromatic N) is 3. The number of carbonyl (C=O) groups is 2. The first-order chi connectivity index (χ1) is 8.71. The smallest absolute Gasteiger partial charge is 0.323 e. The van der Waals surface area contributed by atoms with Gasteiger partial charge in [-0.15, -0.1) is 10.2 Å². The first-order valence-corrected chi connectivity index (χ1v) is 7.62. The lowest BCUT2D eigenvalue weighted by atomic mass is 10.4. The summed E-state index contributed by atoms with van der Waals surface area (Å²) < 4.78 is 0.806. The highest BCUT2D eigenvalue weighted by Gasteiger charge is 2.14. The summed E-state index contributed by atoms with van der Waals surface area (Å²) in [5.74, 6) is 0. The molecule has 0 radical (unpaired) electrons. The van der Waals surface area contributed by atoms with Gasteiger partial charge in [-0.25, -0.2) is 4.79 Å². The summed E-state index contributed by atoms with van der Waals surface area (Å²) in [6, 6.07) is -0.234. The topological polar surface area (TPSA) is 75.2 Å². The van der Waals surface area contributed by atoms with Gasteiger partial charge in [0.2, 0.25) is 5.13 Å². The number of carbonyl (C=O) groups excluding carboxylic acids is 2. The number of urea groups is 1. The van der Waals surface area contributed by atoms with E-state index in [-0.39, 0.29) is 6.03 Å². The summed E-state index contributed by atoms with van der Waals surface area (Å²) in [6.45, 7) is 3.03. The van der Waals surface area contributed by atoms with Crippen molar-refractivity contribution < 1.29 is 9.59 Å². The number of nitrogens with one attached hydrogen (secondary N) is 1. The van der Waals surface area contributed by atoms with Gasteiger partial charge in [0.1, 0.15) is 6.29 Å². The highest BCUT2D eigenvalue weighted by Crippen LogP contribution is 2.23. The number of rotatable bonds is 7. The fourth-order valence-electron chi connectivity index (χ4n) is 1.31. The number of hydrogen-bond donors (Lipinski definition) is 1. The van der Waals surface area contributed by atoms with Gasteiger partial charge in [-0.2, -0.15) is 0 Å². The Kier molecular flexibility index (Phi) is 6.66. The molecule has 6 nitrogen and oxygen atoms in total. The Morgan fingerprint density at radius 2 is 2.28 bits per heavy atom. The molecule has 0 atom stereocenters. The second kappa shape index (κ2) is 8.04. The molecule has 1 aromatic heterocycles. The molecule has 0 aliphatic heterocycles. The van der Waals surface area contributed by atoms with Crippen LogP contribution in [-0.4, -0.2) is 46.8 Å². The highest BCUT2D eigenvalue weighted by molar-refractivity contribution is 8.00. The average Bonchev–Trinajstić information content (AvgIpc) is 2.82. The molecule has 8 heteroatoms. The van der Waals surface area contributed by atoms with E-state index in [2.05, 4.69) is 15.5 Å². The number of aldehydes is 1. The van der Waals surface area contributed by atoms with Crippen LogP contribution < -0.4 is 5.32 Å². The number of aromatic nitrogens is 2. The van der Waals surface area contributed by atoms with Crippen molar-refractivity contribution >= 4 is 40.5 Å². The fraction of sp³-hybridized carbons (Fsp3) is 0.600. The first kappa shape index (κ1) is 14.9. The van der Waals surface area contributed by atoms with Gasteiger partial charge in [-0.3, -0.25) is 5.32 Å². The predicted molar refractivity (Wildman–Crippen MR) is 73.3 cm³/mol. The van der Waals surface area contributed by atoms with E-state index in [9.17, 15) is 9.59 Å². The fourth-order valence-corrected chi connectivity index (χ4v) is 2.47. The predicted octanol–water partition coefficient (Wildman–Crippen LogP) is 2.09. The van der Waals surface area contributed by atoms with Crippen molar-refractivity contribution in [2.24, 2.45) is 0 Å². The SMILES string of the molecule is CCCN(CCC=O)C(=O)Nc1nnc(SC)s1. The van der Waals surface area contributed by atoms with E-state index in [0.717, 1.165) is 17.0 Å². The summed E-state index contributed by atoms with van der Waals surface area (Å²) in [5.41, 5.74) is 0. The van der Waals surface area contributed by atoms with Crippen molar-refractivity contribution in [1.29, 1.82) is 0 Å². The van der Waals surface area contributed by atoms with E-state index in [1.54, 1.807) is 4.90 Å². The third kappa shape index (κ3) is 4.61. The van der Waals surface area contributed by atoms with Gasteiger partial charge in [0.05, 0.1) is 0 Å². The van der Waals surface area contributed by atoms with E-state index < -0.39 is 0 Å². The molecule has 1 aromatic rings. The lowest BCUT2D eigenvalue weighted by Gasteiger charge is -2.20. The van der Waals surface area contributed by atoms with Crippen LogP contribution in [0, 0.1) is 0 Å². The number of anilines is 1. The monoisotopic (exact) mass is 288 g/mol. The van der Waals surface area contributed by atoms with Crippen LogP contribution in [-0.2, 0) is 4.79 Å². The van der Waals surface area contributed by atoms with E-state index >= 15 is 0 Å². The molecule has 0 aromatic carbocycles. The van der Waals surface area contributed by atoms with Gasteiger partial charge in [-0.1, -0.05) is 30.0 Å². The zero-order valence-corrected chi connectivity index (χ0v) is 12.0. The Balaban J connectivity index is 2.56. The molecule has 1 rings (SSSR count). The quantitative estimate of drug-likeness (QED) is 0.472. The first-order valence-electron chi connectivity index (χ1n) is 5.58. The molecule has 1 N–H and O–H groups in total. The molecule has 0 aliphatic rings. The molecular weight excluding hydrogens is 272 g/mol. The van der Waals surface area contributed by atoms with Crippen molar-refractivity contribution in [3.63, 3.8) is 0 Å². The number of hydrogen-bond acceptors (Lipinski definition) is 6. The van der Waals surface area contributed by atoms with Crippen LogP contribution in [0.4, 0.5) is 9.93 Å². The molecule has 0 bridgehead atoms. The molecule has 0 fully saturated rings. The van der Waals surface area contributed by atoms with Crippen molar-refractivity contribution in [2.45, 2.75) is 24.1 Å². The Labute approximate surface area is 114 Å². The Bertz CT molecular complexity index is 397. The zero-order valence-electron chi connectivity index (χ0n) is 10.4. The standard InChI is InChI=1S/C10H16N4O2S2/c1-3-5-14(6-4-7-15)9(16)11-8-12-13-10(17-2)18-8/h7H,3-6H2,1-2H3,(H,11,12,16). The average molecular weight is 288 g/mol. The number of thioether (sulfide) groups is 1. The van der Waals surface area contributed by atoms with Crippen molar-refractivity contribution in [3.05, 3.63) is 0 Å². The molecular formula is C10H16N4O2S2. The van der Waals surface area contributed by atoms with Crippen LogP contribution in [0.5, 0.6) is 0 Å². The molecule has 1 heterocycles. The van der Waals surface area contributed by atoms with E-state index in [4.69, 9.17) is 0 Å². The van der Waals surface area contributed by atoms with Crippen LogP contribution in [0.2, 0.25) is 0 Å². The summed E-state index contributed by atoms with van der Waals surface area (Å²) in [7, 11) is 0. The lowest BCUT2D eigenvalue weighted by Crippen LogP contribution is -2.36.